The fraction of sp³-hybridized carbons (Fsp3) is 0.400. The van der Waals surface area contributed by atoms with Gasteiger partial charge in [-0.1, -0.05) is 15.9 Å². The molecule has 0 aliphatic rings. The average Bonchev–Trinajstić information content (AvgIpc) is 2.28. The van der Waals surface area contributed by atoms with E-state index in [0.717, 1.165) is 6.07 Å². The number of carbonyl (C=O) groups is 1. The highest BCUT2D eigenvalue weighted by molar-refractivity contribution is 9.08. The Labute approximate surface area is 104 Å². The third kappa shape index (κ3) is 3.36. The van der Waals surface area contributed by atoms with E-state index in [-0.39, 0.29) is 28.6 Å². The number of pyridine rings is 1. The molecule has 1 aromatic heterocycles. The van der Waals surface area contributed by atoms with Crippen molar-refractivity contribution in [2.45, 2.75) is 18.2 Å². The zero-order valence-electron chi connectivity index (χ0n) is 8.93. The van der Waals surface area contributed by atoms with E-state index >= 15 is 0 Å². The molecule has 0 aliphatic heterocycles. The molecule has 94 valence electrons. The Morgan fingerprint density at radius 3 is 2.71 bits per heavy atom. The van der Waals surface area contributed by atoms with Gasteiger partial charge >= 0.3 is 5.97 Å². The standard InChI is InChI=1S/C10H10BrF2NO3/c1-17-8(15)3-5-2-6(9(12)13)7(4-11)10(16)14-5/h2,9H,3-4H2,1H3,(H,14,16). The van der Waals surface area contributed by atoms with Gasteiger partial charge < -0.3 is 9.72 Å². The number of halogens is 3. The predicted molar refractivity (Wildman–Crippen MR) is 60.4 cm³/mol. The maximum atomic E-state index is 12.7. The van der Waals surface area contributed by atoms with Crippen LogP contribution >= 0.6 is 15.9 Å². The summed E-state index contributed by atoms with van der Waals surface area (Å²) < 4.78 is 29.8. The van der Waals surface area contributed by atoms with Gasteiger partial charge in [0.25, 0.3) is 12.0 Å². The number of alkyl halides is 3. The van der Waals surface area contributed by atoms with Gasteiger partial charge in [0.2, 0.25) is 0 Å². The quantitative estimate of drug-likeness (QED) is 0.683. The highest BCUT2D eigenvalue weighted by Gasteiger charge is 2.17. The van der Waals surface area contributed by atoms with Crippen molar-refractivity contribution in [3.05, 3.63) is 33.2 Å². The van der Waals surface area contributed by atoms with Crippen molar-refractivity contribution in [2.24, 2.45) is 0 Å². The number of rotatable bonds is 4. The third-order valence-corrected chi connectivity index (χ3v) is 2.72. The monoisotopic (exact) mass is 309 g/mol. The molecule has 0 amide bonds. The fourth-order valence-electron chi connectivity index (χ4n) is 1.32. The Balaban J connectivity index is 3.20. The zero-order chi connectivity index (χ0) is 13.0. The lowest BCUT2D eigenvalue weighted by Crippen LogP contribution is -2.19. The average molecular weight is 310 g/mol. The molecule has 0 bridgehead atoms. The van der Waals surface area contributed by atoms with Crippen LogP contribution in [0.3, 0.4) is 0 Å². The first-order valence-corrected chi connectivity index (χ1v) is 5.77. The van der Waals surface area contributed by atoms with Gasteiger partial charge in [-0.15, -0.1) is 0 Å². The van der Waals surface area contributed by atoms with E-state index in [1.807, 2.05) is 0 Å². The molecule has 0 saturated carbocycles. The zero-order valence-corrected chi connectivity index (χ0v) is 10.5. The van der Waals surface area contributed by atoms with Gasteiger partial charge in [0.05, 0.1) is 13.5 Å². The van der Waals surface area contributed by atoms with Crippen LogP contribution in [0.2, 0.25) is 0 Å². The number of hydrogen-bond acceptors (Lipinski definition) is 3. The Morgan fingerprint density at radius 1 is 1.59 bits per heavy atom. The van der Waals surface area contributed by atoms with Crippen LogP contribution in [0.15, 0.2) is 10.9 Å². The molecule has 0 saturated heterocycles. The van der Waals surface area contributed by atoms with Crippen LogP contribution in [0.5, 0.6) is 0 Å². The number of aromatic nitrogens is 1. The van der Waals surface area contributed by atoms with Gasteiger partial charge in [0, 0.05) is 22.2 Å². The van der Waals surface area contributed by atoms with Crippen molar-refractivity contribution >= 4 is 21.9 Å². The summed E-state index contributed by atoms with van der Waals surface area (Å²) in [5, 5.41) is 0.0283. The Bertz CT molecular complexity index is 473. The lowest BCUT2D eigenvalue weighted by molar-refractivity contribution is -0.139. The molecule has 0 atom stereocenters. The van der Waals surface area contributed by atoms with E-state index in [4.69, 9.17) is 0 Å². The van der Waals surface area contributed by atoms with Crippen molar-refractivity contribution in [3.63, 3.8) is 0 Å². The first kappa shape index (κ1) is 13.8. The van der Waals surface area contributed by atoms with Crippen LogP contribution in [0.4, 0.5) is 8.78 Å². The molecule has 0 radical (unpaired) electrons. The summed E-state index contributed by atoms with van der Waals surface area (Å²) in [5.41, 5.74) is -0.918. The molecule has 4 nitrogen and oxygen atoms in total. The Kier molecular flexibility index (Phi) is 4.80. The highest BCUT2D eigenvalue weighted by atomic mass is 79.9. The van der Waals surface area contributed by atoms with Gasteiger partial charge in [-0.3, -0.25) is 9.59 Å². The topological polar surface area (TPSA) is 59.2 Å². The number of methoxy groups -OCH3 is 1. The van der Waals surface area contributed by atoms with Crippen LogP contribution in [0.1, 0.15) is 23.2 Å². The molecule has 0 fully saturated rings. The molecule has 0 spiro atoms. The maximum absolute atomic E-state index is 12.7. The van der Waals surface area contributed by atoms with Gasteiger partial charge in [0.1, 0.15) is 0 Å². The molecule has 1 heterocycles. The summed E-state index contributed by atoms with van der Waals surface area (Å²) in [4.78, 5) is 24.8. The largest absolute Gasteiger partial charge is 0.469 e. The van der Waals surface area contributed by atoms with Crippen LogP contribution in [0, 0.1) is 0 Å². The summed E-state index contributed by atoms with van der Waals surface area (Å²) in [5.74, 6) is -0.604. The summed E-state index contributed by atoms with van der Waals surface area (Å²) >= 11 is 2.97. The van der Waals surface area contributed by atoms with Crippen LogP contribution < -0.4 is 5.56 Å². The lowest BCUT2D eigenvalue weighted by Gasteiger charge is -2.08. The number of carbonyl (C=O) groups excluding carboxylic acids is 1. The highest BCUT2D eigenvalue weighted by Crippen LogP contribution is 2.22. The van der Waals surface area contributed by atoms with E-state index in [2.05, 4.69) is 25.7 Å². The molecule has 0 unspecified atom stereocenters. The molecular formula is C10H10BrF2NO3. The second-order valence-electron chi connectivity index (χ2n) is 3.24. The maximum Gasteiger partial charge on any atom is 0.311 e. The van der Waals surface area contributed by atoms with Gasteiger partial charge in [-0.05, 0) is 6.07 Å². The molecule has 17 heavy (non-hydrogen) atoms. The molecule has 1 rings (SSSR count). The number of hydrogen-bond donors (Lipinski definition) is 1. The van der Waals surface area contributed by atoms with Gasteiger partial charge in [-0.25, -0.2) is 8.78 Å². The summed E-state index contributed by atoms with van der Waals surface area (Å²) in [7, 11) is 1.18. The summed E-state index contributed by atoms with van der Waals surface area (Å²) in [6.07, 6.45) is -3.00. The number of esters is 1. The van der Waals surface area contributed by atoms with E-state index < -0.39 is 18.0 Å². The lowest BCUT2D eigenvalue weighted by atomic mass is 10.1. The Hall–Kier alpha value is -1.24. The van der Waals surface area contributed by atoms with E-state index in [1.54, 1.807) is 0 Å². The van der Waals surface area contributed by atoms with Crippen molar-refractivity contribution in [1.29, 1.82) is 0 Å². The second kappa shape index (κ2) is 5.90. The van der Waals surface area contributed by atoms with Crippen LogP contribution in [-0.2, 0) is 21.3 Å². The summed E-state index contributed by atoms with van der Waals surface area (Å²) in [6, 6.07) is 1.11. The SMILES string of the molecule is COC(=O)Cc1cc(C(F)F)c(CBr)c(=O)[nH]1. The number of H-pyrrole nitrogens is 1. The smallest absolute Gasteiger partial charge is 0.311 e. The Morgan fingerprint density at radius 2 is 2.24 bits per heavy atom. The number of nitrogens with one attached hydrogen (secondary N) is 1. The second-order valence-corrected chi connectivity index (χ2v) is 3.81. The normalized spacial score (nSPS) is 10.6. The molecule has 0 aromatic carbocycles. The van der Waals surface area contributed by atoms with Crippen molar-refractivity contribution in [2.75, 3.05) is 7.11 Å². The first-order chi connectivity index (χ1) is 7.99. The third-order valence-electron chi connectivity index (χ3n) is 2.16. The predicted octanol–water partition coefficient (Wildman–Crippen LogP) is 1.92. The van der Waals surface area contributed by atoms with Crippen LogP contribution in [0.25, 0.3) is 0 Å². The van der Waals surface area contributed by atoms with Crippen LogP contribution in [-0.4, -0.2) is 18.1 Å². The van der Waals surface area contributed by atoms with Gasteiger partial charge in [-0.2, -0.15) is 0 Å². The van der Waals surface area contributed by atoms with Crippen molar-refractivity contribution < 1.29 is 18.3 Å². The molecule has 1 N–H and O–H groups in total. The molecule has 7 heteroatoms. The molecule has 0 aliphatic carbocycles. The number of ether oxygens (including phenoxy) is 1. The minimum Gasteiger partial charge on any atom is -0.469 e. The van der Waals surface area contributed by atoms with Crippen molar-refractivity contribution in [3.8, 4) is 0 Å². The number of aromatic amines is 1. The summed E-state index contributed by atoms with van der Waals surface area (Å²) in [6.45, 7) is 0. The van der Waals surface area contributed by atoms with E-state index in [9.17, 15) is 18.4 Å². The first-order valence-electron chi connectivity index (χ1n) is 4.65. The molecular weight excluding hydrogens is 300 g/mol. The molecule has 1 aromatic rings. The van der Waals surface area contributed by atoms with E-state index in [0.29, 0.717) is 0 Å². The van der Waals surface area contributed by atoms with Crippen molar-refractivity contribution in [1.82, 2.24) is 4.98 Å². The fourth-order valence-corrected chi connectivity index (χ4v) is 1.90. The minimum absolute atomic E-state index is 0.0283. The van der Waals surface area contributed by atoms with Gasteiger partial charge in [0.15, 0.2) is 0 Å². The minimum atomic E-state index is -2.76. The van der Waals surface area contributed by atoms with E-state index in [1.165, 1.54) is 7.11 Å².